The minimum absolute atomic E-state index is 0.196. The number of nitrogens with zero attached hydrogens (tertiary/aromatic N) is 3. The molecule has 86 valence electrons. The number of methoxy groups -OCH3 is 1. The number of anilines is 1. The van der Waals surface area contributed by atoms with Crippen molar-refractivity contribution in [1.82, 2.24) is 9.97 Å². The molecule has 0 aromatic carbocycles. The van der Waals surface area contributed by atoms with Crippen LogP contribution in [0, 0.1) is 0 Å². The zero-order valence-electron chi connectivity index (χ0n) is 9.09. The number of carbonyl (C=O) groups excluding carboxylic acids is 1. The third-order valence-corrected chi connectivity index (χ3v) is 2.58. The van der Waals surface area contributed by atoms with E-state index in [1.54, 1.807) is 6.20 Å². The van der Waals surface area contributed by atoms with Crippen molar-refractivity contribution >= 4 is 11.8 Å². The van der Waals surface area contributed by atoms with Gasteiger partial charge in [0, 0.05) is 19.1 Å². The summed E-state index contributed by atoms with van der Waals surface area (Å²) in [6, 6.07) is 0.196. The second-order valence-electron chi connectivity index (χ2n) is 3.75. The standard InChI is InChI=1S/C10H14N4O2/c1-16-10(15)8-4-13-9(5-12-8)14-3-2-7(11)6-14/h4-5,7H,2-3,6,11H2,1H3. The van der Waals surface area contributed by atoms with Crippen molar-refractivity contribution in [2.24, 2.45) is 5.73 Å². The van der Waals surface area contributed by atoms with Crippen LogP contribution < -0.4 is 10.6 Å². The van der Waals surface area contributed by atoms with Gasteiger partial charge in [0.15, 0.2) is 5.69 Å². The first-order valence-corrected chi connectivity index (χ1v) is 5.11. The summed E-state index contributed by atoms with van der Waals surface area (Å²) >= 11 is 0. The van der Waals surface area contributed by atoms with Crippen molar-refractivity contribution in [2.45, 2.75) is 12.5 Å². The molecule has 1 atom stereocenters. The molecule has 6 heteroatoms. The van der Waals surface area contributed by atoms with Gasteiger partial charge < -0.3 is 15.4 Å². The molecule has 0 amide bonds. The van der Waals surface area contributed by atoms with Crippen LogP contribution in [0.4, 0.5) is 5.82 Å². The topological polar surface area (TPSA) is 81.3 Å². The van der Waals surface area contributed by atoms with Gasteiger partial charge in [0.25, 0.3) is 0 Å². The Bertz CT molecular complexity index is 379. The molecule has 1 aromatic rings. The smallest absolute Gasteiger partial charge is 0.358 e. The summed E-state index contributed by atoms with van der Waals surface area (Å²) in [6.07, 6.45) is 3.95. The molecule has 6 nitrogen and oxygen atoms in total. The van der Waals surface area contributed by atoms with Gasteiger partial charge in [-0.15, -0.1) is 0 Å². The van der Waals surface area contributed by atoms with Crippen LogP contribution in [0.15, 0.2) is 12.4 Å². The summed E-state index contributed by atoms with van der Waals surface area (Å²) in [6.45, 7) is 1.67. The van der Waals surface area contributed by atoms with Crippen molar-refractivity contribution in [2.75, 3.05) is 25.1 Å². The molecule has 1 aliphatic heterocycles. The van der Waals surface area contributed by atoms with Crippen molar-refractivity contribution in [3.8, 4) is 0 Å². The predicted molar refractivity (Wildman–Crippen MR) is 58.2 cm³/mol. The summed E-state index contributed by atoms with van der Waals surface area (Å²) in [5.74, 6) is 0.276. The van der Waals surface area contributed by atoms with Crippen LogP contribution in [0.25, 0.3) is 0 Å². The fourth-order valence-corrected chi connectivity index (χ4v) is 1.69. The van der Waals surface area contributed by atoms with Gasteiger partial charge in [0.2, 0.25) is 0 Å². The van der Waals surface area contributed by atoms with E-state index in [4.69, 9.17) is 5.73 Å². The third-order valence-electron chi connectivity index (χ3n) is 2.58. The Morgan fingerprint density at radius 2 is 2.38 bits per heavy atom. The number of aromatic nitrogens is 2. The summed E-state index contributed by atoms with van der Waals surface area (Å²) in [4.78, 5) is 21.4. The average molecular weight is 222 g/mol. The molecule has 0 spiro atoms. The summed E-state index contributed by atoms with van der Waals surface area (Å²) in [5, 5.41) is 0. The number of esters is 1. The zero-order valence-corrected chi connectivity index (χ0v) is 9.09. The monoisotopic (exact) mass is 222 g/mol. The van der Waals surface area contributed by atoms with Gasteiger partial charge in [-0.2, -0.15) is 0 Å². The zero-order chi connectivity index (χ0) is 11.5. The third kappa shape index (κ3) is 2.11. The first kappa shape index (κ1) is 10.8. The maximum absolute atomic E-state index is 11.1. The largest absolute Gasteiger partial charge is 0.464 e. The summed E-state index contributed by atoms with van der Waals surface area (Å²) < 4.78 is 4.54. The van der Waals surface area contributed by atoms with E-state index in [1.807, 2.05) is 0 Å². The number of nitrogens with two attached hydrogens (primary N) is 1. The highest BCUT2D eigenvalue weighted by atomic mass is 16.5. The Morgan fingerprint density at radius 3 is 2.88 bits per heavy atom. The molecule has 0 radical (unpaired) electrons. The van der Waals surface area contributed by atoms with Gasteiger partial charge in [-0.1, -0.05) is 0 Å². The molecule has 0 aliphatic carbocycles. The molecule has 0 bridgehead atoms. The quantitative estimate of drug-likeness (QED) is 0.698. The van der Waals surface area contributed by atoms with Crippen LogP contribution in [-0.4, -0.2) is 42.2 Å². The molecular weight excluding hydrogens is 208 g/mol. The molecule has 0 saturated carbocycles. The first-order chi connectivity index (χ1) is 7.70. The highest BCUT2D eigenvalue weighted by Crippen LogP contribution is 2.15. The van der Waals surface area contributed by atoms with Crippen molar-refractivity contribution in [3.05, 3.63) is 18.1 Å². The molecule has 2 N–H and O–H groups in total. The lowest BCUT2D eigenvalue weighted by molar-refractivity contribution is 0.0593. The van der Waals surface area contributed by atoms with Gasteiger partial charge >= 0.3 is 5.97 Å². The number of ether oxygens (including phenoxy) is 1. The van der Waals surface area contributed by atoms with Crippen molar-refractivity contribution < 1.29 is 9.53 Å². The molecule has 1 saturated heterocycles. The Hall–Kier alpha value is -1.69. The molecule has 1 fully saturated rings. The fourth-order valence-electron chi connectivity index (χ4n) is 1.69. The predicted octanol–water partition coefficient (Wildman–Crippen LogP) is -0.199. The maximum atomic E-state index is 11.1. The molecular formula is C10H14N4O2. The van der Waals surface area contributed by atoms with E-state index < -0.39 is 5.97 Å². The fraction of sp³-hybridized carbons (Fsp3) is 0.500. The molecule has 1 unspecified atom stereocenters. The minimum atomic E-state index is -0.475. The first-order valence-electron chi connectivity index (χ1n) is 5.11. The lowest BCUT2D eigenvalue weighted by Gasteiger charge is -2.15. The Labute approximate surface area is 93.4 Å². The van der Waals surface area contributed by atoms with Crippen LogP contribution in [0.3, 0.4) is 0 Å². The molecule has 2 heterocycles. The lowest BCUT2D eigenvalue weighted by atomic mass is 10.3. The molecule has 2 rings (SSSR count). The number of carbonyl (C=O) groups is 1. The number of hydrogen-bond acceptors (Lipinski definition) is 6. The van der Waals surface area contributed by atoms with E-state index in [9.17, 15) is 4.79 Å². The van der Waals surface area contributed by atoms with E-state index in [1.165, 1.54) is 13.3 Å². The van der Waals surface area contributed by atoms with E-state index in [-0.39, 0.29) is 11.7 Å². The van der Waals surface area contributed by atoms with Crippen LogP contribution in [-0.2, 0) is 4.74 Å². The minimum Gasteiger partial charge on any atom is -0.464 e. The Kier molecular flexibility index (Phi) is 3.00. The van der Waals surface area contributed by atoms with E-state index >= 15 is 0 Å². The highest BCUT2D eigenvalue weighted by molar-refractivity contribution is 5.86. The number of hydrogen-bond donors (Lipinski definition) is 1. The van der Waals surface area contributed by atoms with Gasteiger partial charge in [-0.3, -0.25) is 0 Å². The molecule has 1 aromatic heterocycles. The highest BCUT2D eigenvalue weighted by Gasteiger charge is 2.20. The van der Waals surface area contributed by atoms with Gasteiger partial charge in [-0.25, -0.2) is 14.8 Å². The number of rotatable bonds is 2. The molecule has 1 aliphatic rings. The van der Waals surface area contributed by atoms with Gasteiger partial charge in [0.05, 0.1) is 19.5 Å². The Balaban J connectivity index is 2.10. The van der Waals surface area contributed by atoms with E-state index in [0.717, 1.165) is 25.3 Å². The molecule has 16 heavy (non-hydrogen) atoms. The Morgan fingerprint density at radius 1 is 1.56 bits per heavy atom. The average Bonchev–Trinajstić information content (AvgIpc) is 2.75. The van der Waals surface area contributed by atoms with Crippen LogP contribution in [0.5, 0.6) is 0 Å². The summed E-state index contributed by atoms with van der Waals surface area (Å²) in [5.41, 5.74) is 6.02. The van der Waals surface area contributed by atoms with Crippen molar-refractivity contribution in [1.29, 1.82) is 0 Å². The maximum Gasteiger partial charge on any atom is 0.358 e. The van der Waals surface area contributed by atoms with Gasteiger partial charge in [-0.05, 0) is 6.42 Å². The summed E-state index contributed by atoms with van der Waals surface area (Å²) in [7, 11) is 1.32. The van der Waals surface area contributed by atoms with Crippen LogP contribution in [0.1, 0.15) is 16.9 Å². The lowest BCUT2D eigenvalue weighted by Crippen LogP contribution is -2.27. The van der Waals surface area contributed by atoms with Crippen LogP contribution >= 0.6 is 0 Å². The van der Waals surface area contributed by atoms with Crippen molar-refractivity contribution in [3.63, 3.8) is 0 Å². The second kappa shape index (κ2) is 4.44. The van der Waals surface area contributed by atoms with Crippen LogP contribution in [0.2, 0.25) is 0 Å². The van der Waals surface area contributed by atoms with Gasteiger partial charge in [0.1, 0.15) is 5.82 Å². The second-order valence-corrected chi connectivity index (χ2v) is 3.75. The van der Waals surface area contributed by atoms with E-state index in [0.29, 0.717) is 0 Å². The van der Waals surface area contributed by atoms with E-state index in [2.05, 4.69) is 19.6 Å². The normalized spacial score (nSPS) is 19.9. The SMILES string of the molecule is COC(=O)c1cnc(N2CCC(N)C2)cn1.